The molecule has 0 aliphatic carbocycles. The molecule has 7 heteroatoms. The van der Waals surface area contributed by atoms with Gasteiger partial charge in [-0.3, -0.25) is 5.10 Å². The van der Waals surface area contributed by atoms with Gasteiger partial charge in [0.05, 0.1) is 17.4 Å². The first-order valence-corrected chi connectivity index (χ1v) is 7.95. The van der Waals surface area contributed by atoms with Gasteiger partial charge in [0, 0.05) is 34.9 Å². The zero-order valence-corrected chi connectivity index (χ0v) is 13.8. The number of nitrogens with one attached hydrogen (secondary N) is 2. The van der Waals surface area contributed by atoms with Gasteiger partial charge in [-0.25, -0.2) is 9.97 Å². The molecule has 3 aromatic heterocycles. The molecule has 4 N–H and O–H groups in total. The van der Waals surface area contributed by atoms with Crippen LogP contribution in [0.3, 0.4) is 0 Å². The Morgan fingerprint density at radius 1 is 1.23 bits per heavy atom. The summed E-state index contributed by atoms with van der Waals surface area (Å²) in [5.74, 6) is 0.963. The third-order valence-electron chi connectivity index (χ3n) is 3.89. The van der Waals surface area contributed by atoms with Crippen molar-refractivity contribution in [1.82, 2.24) is 20.2 Å². The van der Waals surface area contributed by atoms with Crippen LogP contribution in [0, 0.1) is 0 Å². The molecule has 7 nitrogen and oxygen atoms in total. The standard InChI is InChI=1S/C19H16N6O/c1-2-4-14-16(10-20)26-18(19-21-7-3-8-22-19)17(14)24-13-6-5-12-11-23-25-15(12)9-13/h2-11,24H,1,20H2,(H,23,25)/b14-4+,16-10+. The summed E-state index contributed by atoms with van der Waals surface area (Å²) in [5, 5.41) is 12.2. The van der Waals surface area contributed by atoms with E-state index in [9.17, 15) is 0 Å². The molecule has 0 fully saturated rings. The second kappa shape index (κ2) is 6.56. The van der Waals surface area contributed by atoms with Crippen LogP contribution in [0.2, 0.25) is 0 Å². The monoisotopic (exact) mass is 344 g/mol. The predicted molar refractivity (Wildman–Crippen MR) is 102 cm³/mol. The zero-order valence-electron chi connectivity index (χ0n) is 13.8. The Kier molecular flexibility index (Phi) is 3.95. The summed E-state index contributed by atoms with van der Waals surface area (Å²) >= 11 is 0. The normalized spacial score (nSPS) is 12.6. The lowest BCUT2D eigenvalue weighted by molar-refractivity contribution is 0.540. The van der Waals surface area contributed by atoms with Crippen molar-refractivity contribution in [2.45, 2.75) is 0 Å². The molecule has 26 heavy (non-hydrogen) atoms. The van der Waals surface area contributed by atoms with Crippen molar-refractivity contribution in [2.24, 2.45) is 5.73 Å². The molecule has 0 spiro atoms. The molecule has 0 saturated heterocycles. The molecule has 0 amide bonds. The number of benzene rings is 1. The van der Waals surface area contributed by atoms with Crippen molar-refractivity contribution in [2.75, 3.05) is 5.32 Å². The minimum Gasteiger partial charge on any atom is -0.449 e. The van der Waals surface area contributed by atoms with E-state index in [1.54, 1.807) is 30.7 Å². The van der Waals surface area contributed by atoms with Crippen LogP contribution in [0.15, 0.2) is 59.9 Å². The second-order valence-electron chi connectivity index (χ2n) is 5.52. The van der Waals surface area contributed by atoms with E-state index >= 15 is 0 Å². The number of nitrogens with zero attached hydrogens (tertiary/aromatic N) is 3. The van der Waals surface area contributed by atoms with Crippen molar-refractivity contribution in [3.8, 4) is 11.6 Å². The van der Waals surface area contributed by atoms with Crippen LogP contribution in [0.5, 0.6) is 0 Å². The maximum Gasteiger partial charge on any atom is 0.197 e. The third kappa shape index (κ3) is 2.71. The first-order chi connectivity index (χ1) is 12.8. The number of furan rings is 1. The number of hydrogen-bond acceptors (Lipinski definition) is 6. The summed E-state index contributed by atoms with van der Waals surface area (Å²) in [4.78, 5) is 8.57. The molecular formula is C19H16N6O. The van der Waals surface area contributed by atoms with Crippen molar-refractivity contribution < 1.29 is 4.42 Å². The van der Waals surface area contributed by atoms with Gasteiger partial charge in [0.15, 0.2) is 17.0 Å². The van der Waals surface area contributed by atoms with Crippen molar-refractivity contribution in [3.63, 3.8) is 0 Å². The first-order valence-electron chi connectivity index (χ1n) is 7.95. The van der Waals surface area contributed by atoms with Crippen LogP contribution in [0.1, 0.15) is 0 Å². The molecule has 0 bridgehead atoms. The number of rotatable bonds is 4. The van der Waals surface area contributed by atoms with E-state index in [-0.39, 0.29) is 0 Å². The molecule has 4 aromatic rings. The number of hydrogen-bond donors (Lipinski definition) is 3. The number of allylic oxidation sites excluding steroid dienone is 1. The zero-order chi connectivity index (χ0) is 17.9. The van der Waals surface area contributed by atoms with Crippen LogP contribution < -0.4 is 21.7 Å². The minimum absolute atomic E-state index is 0.462. The van der Waals surface area contributed by atoms with Gasteiger partial charge in [0.1, 0.15) is 0 Å². The van der Waals surface area contributed by atoms with Gasteiger partial charge in [-0.05, 0) is 30.3 Å². The van der Waals surface area contributed by atoms with Gasteiger partial charge in [-0.1, -0.05) is 12.7 Å². The number of aromatic amines is 1. The van der Waals surface area contributed by atoms with Gasteiger partial charge in [0.25, 0.3) is 0 Å². The predicted octanol–water partition coefficient (Wildman–Crippen LogP) is 2.02. The Morgan fingerprint density at radius 3 is 2.85 bits per heavy atom. The van der Waals surface area contributed by atoms with Crippen LogP contribution >= 0.6 is 0 Å². The van der Waals surface area contributed by atoms with Crippen LogP contribution in [-0.4, -0.2) is 20.2 Å². The molecule has 0 saturated carbocycles. The van der Waals surface area contributed by atoms with Crippen LogP contribution in [0.25, 0.3) is 34.8 Å². The lowest BCUT2D eigenvalue weighted by Crippen LogP contribution is -2.23. The fourth-order valence-corrected chi connectivity index (χ4v) is 2.73. The number of aromatic nitrogens is 4. The first kappa shape index (κ1) is 15.6. The van der Waals surface area contributed by atoms with E-state index in [1.807, 2.05) is 24.3 Å². The topological polar surface area (TPSA) is 106 Å². The van der Waals surface area contributed by atoms with E-state index in [2.05, 4.69) is 32.1 Å². The van der Waals surface area contributed by atoms with Crippen molar-refractivity contribution in [3.05, 3.63) is 66.1 Å². The van der Waals surface area contributed by atoms with Gasteiger partial charge in [0.2, 0.25) is 0 Å². The maximum absolute atomic E-state index is 5.91. The fourth-order valence-electron chi connectivity index (χ4n) is 2.73. The highest BCUT2D eigenvalue weighted by atomic mass is 16.3. The van der Waals surface area contributed by atoms with E-state index in [0.717, 1.165) is 21.8 Å². The highest BCUT2D eigenvalue weighted by Gasteiger charge is 2.16. The summed E-state index contributed by atoms with van der Waals surface area (Å²) in [7, 11) is 0. The smallest absolute Gasteiger partial charge is 0.197 e. The van der Waals surface area contributed by atoms with Gasteiger partial charge in [-0.15, -0.1) is 0 Å². The van der Waals surface area contributed by atoms with E-state index < -0.39 is 0 Å². The maximum atomic E-state index is 5.91. The van der Waals surface area contributed by atoms with Crippen LogP contribution in [0.4, 0.5) is 11.4 Å². The van der Waals surface area contributed by atoms with Crippen LogP contribution in [-0.2, 0) is 0 Å². The summed E-state index contributed by atoms with van der Waals surface area (Å²) < 4.78 is 5.91. The fraction of sp³-hybridized carbons (Fsp3) is 0. The Labute approximate surface area is 148 Å². The Bertz CT molecular complexity index is 1190. The second-order valence-corrected chi connectivity index (χ2v) is 5.52. The molecule has 0 radical (unpaired) electrons. The molecule has 0 atom stereocenters. The molecule has 4 rings (SSSR count). The minimum atomic E-state index is 0.462. The summed E-state index contributed by atoms with van der Waals surface area (Å²) in [6.45, 7) is 3.77. The molecule has 0 aliphatic heterocycles. The third-order valence-corrected chi connectivity index (χ3v) is 3.89. The molecule has 0 unspecified atom stereocenters. The Hall–Kier alpha value is -3.87. The molecule has 128 valence electrons. The molecule has 1 aromatic carbocycles. The largest absolute Gasteiger partial charge is 0.449 e. The van der Waals surface area contributed by atoms with Crippen molar-refractivity contribution >= 4 is 34.6 Å². The summed E-state index contributed by atoms with van der Waals surface area (Å²) in [6, 6.07) is 7.66. The molecular weight excluding hydrogens is 328 g/mol. The van der Waals surface area contributed by atoms with E-state index in [0.29, 0.717) is 22.7 Å². The van der Waals surface area contributed by atoms with E-state index in [4.69, 9.17) is 10.2 Å². The highest BCUT2D eigenvalue weighted by molar-refractivity contribution is 5.84. The molecule has 3 heterocycles. The van der Waals surface area contributed by atoms with Gasteiger partial charge >= 0.3 is 0 Å². The lowest BCUT2D eigenvalue weighted by atomic mass is 10.2. The average Bonchev–Trinajstić information content (AvgIpc) is 3.27. The molecule has 0 aliphatic rings. The Morgan fingerprint density at radius 2 is 2.08 bits per heavy atom. The summed E-state index contributed by atoms with van der Waals surface area (Å²) in [6.07, 6.45) is 10.0. The average molecular weight is 344 g/mol. The number of anilines is 2. The SMILES string of the molecule is C=C/C=c1/c(Nc2ccc3cn[nH]c3c2)c(-c2ncccn2)o/c1=C/N. The number of H-pyrrole nitrogens is 1. The number of fused-ring (bicyclic) bond motifs is 1. The Balaban J connectivity index is 1.91. The quantitative estimate of drug-likeness (QED) is 0.523. The summed E-state index contributed by atoms with van der Waals surface area (Å²) in [5.41, 5.74) is 8.76. The van der Waals surface area contributed by atoms with Crippen molar-refractivity contribution in [1.29, 1.82) is 0 Å². The highest BCUT2D eigenvalue weighted by Crippen LogP contribution is 2.25. The number of nitrogens with two attached hydrogens (primary N) is 1. The van der Waals surface area contributed by atoms with Gasteiger partial charge < -0.3 is 15.5 Å². The van der Waals surface area contributed by atoms with E-state index in [1.165, 1.54) is 6.20 Å². The lowest BCUT2D eigenvalue weighted by Gasteiger charge is -2.06. The van der Waals surface area contributed by atoms with Gasteiger partial charge in [-0.2, -0.15) is 5.10 Å².